The van der Waals surface area contributed by atoms with Crippen LogP contribution in [0.3, 0.4) is 0 Å². The molecule has 0 aromatic carbocycles. The van der Waals surface area contributed by atoms with Crippen LogP contribution in [0.4, 0.5) is 0 Å². The molecule has 0 saturated carbocycles. The number of hydrogen-bond acceptors (Lipinski definition) is 8. The Balaban J connectivity index is 4.29. The fourth-order valence-corrected chi connectivity index (χ4v) is 5.52. The number of unbranched alkanes of at least 4 members (excludes halogenated alkanes) is 16. The van der Waals surface area contributed by atoms with Gasteiger partial charge < -0.3 is 24.6 Å². The lowest BCUT2D eigenvalue weighted by atomic mass is 10.0. The summed E-state index contributed by atoms with van der Waals surface area (Å²) in [7, 11) is 0. The number of rotatable bonds is 34. The molecule has 0 unspecified atom stereocenters. The molecule has 0 spiro atoms. The van der Waals surface area contributed by atoms with Gasteiger partial charge in [-0.05, 0) is 51.4 Å². The number of aliphatic carboxylic acids is 1. The van der Waals surface area contributed by atoms with Gasteiger partial charge in [0.05, 0.1) is 6.42 Å². The molecule has 302 valence electrons. The lowest BCUT2D eigenvalue weighted by Gasteiger charge is -2.18. The fourth-order valence-electron chi connectivity index (χ4n) is 5.52. The van der Waals surface area contributed by atoms with Gasteiger partial charge in [0.25, 0.3) is 0 Å². The molecule has 10 nitrogen and oxygen atoms in total. The molecule has 0 radical (unpaired) electrons. The van der Waals surface area contributed by atoms with E-state index in [-0.39, 0.29) is 37.4 Å². The van der Waals surface area contributed by atoms with Gasteiger partial charge in [0.1, 0.15) is 25.9 Å². The zero-order valence-corrected chi connectivity index (χ0v) is 33.2. The second kappa shape index (κ2) is 38.2. The molecule has 10 heteroatoms. The molecule has 0 aromatic rings. The van der Waals surface area contributed by atoms with Gasteiger partial charge in [-0.2, -0.15) is 0 Å². The zero-order valence-electron chi connectivity index (χ0n) is 33.2. The first kappa shape index (κ1) is 49.5. The van der Waals surface area contributed by atoms with Crippen molar-refractivity contribution in [1.82, 2.24) is 5.32 Å². The fraction of sp³-hybridized carbons (Fsp3) is 0.791. The Morgan fingerprint density at radius 1 is 0.509 bits per heavy atom. The lowest BCUT2D eigenvalue weighted by Crippen LogP contribution is -2.32. The highest BCUT2D eigenvalue weighted by molar-refractivity contribution is 5.84. The van der Waals surface area contributed by atoms with Gasteiger partial charge in [0.15, 0.2) is 0 Å². The predicted octanol–water partition coefficient (Wildman–Crippen LogP) is 9.15. The Bertz CT molecular complexity index is 1040. The normalized spacial score (nSPS) is 10.5. The molecule has 0 heterocycles. The third-order valence-electron chi connectivity index (χ3n) is 8.65. The van der Waals surface area contributed by atoms with Crippen LogP contribution in [0.1, 0.15) is 194 Å². The molecule has 0 atom stereocenters. The topological polar surface area (TPSA) is 145 Å². The number of nitrogens with one attached hydrogen (secondary N) is 1. The summed E-state index contributed by atoms with van der Waals surface area (Å²) in [5.41, 5.74) is 0. The minimum absolute atomic E-state index is 0.180. The van der Waals surface area contributed by atoms with E-state index < -0.39 is 17.8 Å². The Morgan fingerprint density at radius 3 is 1.42 bits per heavy atom. The van der Waals surface area contributed by atoms with Crippen molar-refractivity contribution in [3.8, 4) is 23.7 Å². The Morgan fingerprint density at radius 2 is 0.943 bits per heavy atom. The molecular weight excluding hydrogens is 674 g/mol. The maximum absolute atomic E-state index is 12.5. The maximum Gasteiger partial charge on any atom is 0.325 e. The van der Waals surface area contributed by atoms with E-state index in [1.807, 2.05) is 0 Å². The Kier molecular flexibility index (Phi) is 35.7. The number of esters is 3. The standard InChI is InChI=1S/C43H71NO9/c1-3-5-7-9-11-13-21-27-35-51-41(48)31-25-19-15-17-23-29-38(53-43(50)37-44-39(45)33-34-40(46)47)30-24-18-16-20-26-32-42(49)52-36-28-22-14-12-10-8-6-4-2/h38H,3-12,15-20,23-37H2,1-2H3,(H,44,45)(H,46,47). The van der Waals surface area contributed by atoms with Crippen LogP contribution in [0.15, 0.2) is 0 Å². The molecule has 1 amide bonds. The van der Waals surface area contributed by atoms with E-state index in [0.29, 0.717) is 51.7 Å². The summed E-state index contributed by atoms with van der Waals surface area (Å²) in [5, 5.41) is 11.2. The summed E-state index contributed by atoms with van der Waals surface area (Å²) in [6, 6.07) is 0. The van der Waals surface area contributed by atoms with Crippen molar-refractivity contribution in [1.29, 1.82) is 0 Å². The van der Waals surface area contributed by atoms with E-state index in [1.54, 1.807) is 0 Å². The van der Waals surface area contributed by atoms with Crippen LogP contribution in [0.5, 0.6) is 0 Å². The van der Waals surface area contributed by atoms with Crippen LogP contribution in [0, 0.1) is 23.7 Å². The molecule has 0 rings (SSSR count). The molecule has 0 saturated heterocycles. The van der Waals surface area contributed by atoms with Crippen molar-refractivity contribution >= 4 is 29.8 Å². The van der Waals surface area contributed by atoms with Crippen LogP contribution in [-0.2, 0) is 38.2 Å². The number of amides is 1. The second-order valence-electron chi connectivity index (χ2n) is 13.7. The van der Waals surface area contributed by atoms with Gasteiger partial charge in [-0.25, -0.2) is 0 Å². The maximum atomic E-state index is 12.5. The number of carbonyl (C=O) groups is 5. The van der Waals surface area contributed by atoms with Gasteiger partial charge in [-0.15, -0.1) is 11.8 Å². The summed E-state index contributed by atoms with van der Waals surface area (Å²) in [4.78, 5) is 59.0. The van der Waals surface area contributed by atoms with Crippen molar-refractivity contribution in [2.45, 2.75) is 200 Å². The van der Waals surface area contributed by atoms with Crippen molar-refractivity contribution < 1.29 is 43.3 Å². The van der Waals surface area contributed by atoms with Crippen molar-refractivity contribution in [2.75, 3.05) is 19.8 Å². The summed E-state index contributed by atoms with van der Waals surface area (Å²) in [6.07, 6.45) is 23.0. The molecule has 0 fully saturated rings. The monoisotopic (exact) mass is 746 g/mol. The minimum atomic E-state index is -1.07. The predicted molar refractivity (Wildman–Crippen MR) is 209 cm³/mol. The Hall–Kier alpha value is -3.53. The van der Waals surface area contributed by atoms with Crippen LogP contribution >= 0.6 is 0 Å². The van der Waals surface area contributed by atoms with Crippen LogP contribution < -0.4 is 5.32 Å². The molecule has 0 aliphatic heterocycles. The van der Waals surface area contributed by atoms with Crippen LogP contribution in [0.25, 0.3) is 0 Å². The average Bonchev–Trinajstić information content (AvgIpc) is 3.13. The highest BCUT2D eigenvalue weighted by Gasteiger charge is 2.16. The van der Waals surface area contributed by atoms with Gasteiger partial charge in [-0.3, -0.25) is 24.0 Å². The summed E-state index contributed by atoms with van der Waals surface area (Å²) < 4.78 is 16.3. The molecule has 0 aliphatic rings. The largest absolute Gasteiger partial charge is 0.481 e. The van der Waals surface area contributed by atoms with Crippen LogP contribution in [0.2, 0.25) is 0 Å². The van der Waals surface area contributed by atoms with E-state index in [0.717, 1.165) is 89.9 Å². The number of carboxylic acid groups (broad SMARTS) is 1. The van der Waals surface area contributed by atoms with Crippen molar-refractivity contribution in [3.05, 3.63) is 0 Å². The number of ether oxygens (including phenoxy) is 3. The number of hydrogen-bond donors (Lipinski definition) is 2. The smallest absolute Gasteiger partial charge is 0.325 e. The molecule has 0 aliphatic carbocycles. The van der Waals surface area contributed by atoms with E-state index >= 15 is 0 Å². The highest BCUT2D eigenvalue weighted by Crippen LogP contribution is 2.17. The van der Waals surface area contributed by atoms with E-state index in [1.165, 1.54) is 38.5 Å². The number of carboxylic acids is 1. The zero-order chi connectivity index (χ0) is 39.0. The summed E-state index contributed by atoms with van der Waals surface area (Å²) in [6.45, 7) is 4.77. The van der Waals surface area contributed by atoms with Gasteiger partial charge in [0, 0.05) is 44.9 Å². The third-order valence-corrected chi connectivity index (χ3v) is 8.65. The third kappa shape index (κ3) is 38.0. The summed E-state index contributed by atoms with van der Waals surface area (Å²) >= 11 is 0. The minimum Gasteiger partial charge on any atom is -0.481 e. The quantitative estimate of drug-likeness (QED) is 0.0285. The van der Waals surface area contributed by atoms with Crippen molar-refractivity contribution in [3.63, 3.8) is 0 Å². The van der Waals surface area contributed by atoms with Gasteiger partial charge >= 0.3 is 23.9 Å². The van der Waals surface area contributed by atoms with Gasteiger partial charge in [-0.1, -0.05) is 103 Å². The Labute approximate surface area is 321 Å². The van der Waals surface area contributed by atoms with E-state index in [9.17, 15) is 24.0 Å². The van der Waals surface area contributed by atoms with E-state index in [2.05, 4.69) is 42.8 Å². The van der Waals surface area contributed by atoms with Gasteiger partial charge in [0.2, 0.25) is 5.91 Å². The van der Waals surface area contributed by atoms with Crippen molar-refractivity contribution in [2.24, 2.45) is 0 Å². The lowest BCUT2D eigenvalue weighted by molar-refractivity contribution is -0.150. The average molecular weight is 746 g/mol. The molecular formula is C43H71NO9. The van der Waals surface area contributed by atoms with E-state index in [4.69, 9.17) is 19.3 Å². The first-order valence-electron chi connectivity index (χ1n) is 20.7. The first-order valence-corrected chi connectivity index (χ1v) is 20.7. The first-order chi connectivity index (χ1) is 25.8. The van der Waals surface area contributed by atoms with Crippen LogP contribution in [-0.4, -0.2) is 60.8 Å². The molecule has 53 heavy (non-hydrogen) atoms. The molecule has 2 N–H and O–H groups in total. The second-order valence-corrected chi connectivity index (χ2v) is 13.7. The SMILES string of the molecule is CCCCCCC#CCCOC(=O)CCCCCCCC(CCCCCCCC(=O)OCCC#CCCCCCC)OC(=O)CNC(=O)CCC(=O)O. The number of carbonyl (C=O) groups excluding carboxylic acids is 4. The highest BCUT2D eigenvalue weighted by atomic mass is 16.5. The molecule has 0 bridgehead atoms. The summed E-state index contributed by atoms with van der Waals surface area (Å²) in [5.74, 6) is 9.97. The molecule has 0 aromatic heterocycles.